The number of nitrogens with zero attached hydrogens (tertiary/aromatic N) is 1. The highest BCUT2D eigenvalue weighted by atomic mass is 16.3. The summed E-state index contributed by atoms with van der Waals surface area (Å²) in [5.74, 6) is 0. The molecule has 0 fully saturated rings. The van der Waals surface area contributed by atoms with E-state index in [4.69, 9.17) is 0 Å². The normalized spacial score (nSPS) is 14.1. The van der Waals surface area contributed by atoms with Gasteiger partial charge in [-0.25, -0.2) is 0 Å². The fourth-order valence-electron chi connectivity index (χ4n) is 1.75. The van der Waals surface area contributed by atoms with Gasteiger partial charge < -0.3 is 5.11 Å². The minimum Gasteiger partial charge on any atom is -0.378 e. The third-order valence-corrected chi connectivity index (χ3v) is 2.66. The van der Waals surface area contributed by atoms with Crippen molar-refractivity contribution in [2.75, 3.05) is 7.05 Å². The second-order valence-corrected chi connectivity index (χ2v) is 3.79. The fourth-order valence-corrected chi connectivity index (χ4v) is 1.75. The minimum atomic E-state index is -0.261. The predicted octanol–water partition coefficient (Wildman–Crippen LogP) is 2.62. The van der Waals surface area contributed by atoms with Crippen molar-refractivity contribution >= 4 is 0 Å². The van der Waals surface area contributed by atoms with E-state index in [9.17, 15) is 5.11 Å². The third-order valence-electron chi connectivity index (χ3n) is 2.66. The maximum absolute atomic E-state index is 9.68. The van der Waals surface area contributed by atoms with Crippen molar-refractivity contribution in [1.29, 1.82) is 0 Å². The standard InChI is InChI=1S/C11H25NO/c1-5-8-10(9-6-2)12(4)11(13)7-3/h10-11,13H,5-9H2,1-4H3. The van der Waals surface area contributed by atoms with Crippen LogP contribution < -0.4 is 0 Å². The average molecular weight is 187 g/mol. The molecule has 1 N–H and O–H groups in total. The largest absolute Gasteiger partial charge is 0.378 e. The number of aliphatic hydroxyl groups is 1. The summed E-state index contributed by atoms with van der Waals surface area (Å²) < 4.78 is 0. The summed E-state index contributed by atoms with van der Waals surface area (Å²) in [6.07, 6.45) is 5.35. The lowest BCUT2D eigenvalue weighted by molar-refractivity contribution is -0.0130. The number of rotatable bonds is 7. The third kappa shape index (κ3) is 4.63. The molecule has 1 unspecified atom stereocenters. The number of aliphatic hydroxyl groups excluding tert-OH is 1. The van der Waals surface area contributed by atoms with Crippen molar-refractivity contribution in [2.45, 2.75) is 65.1 Å². The molecule has 0 radical (unpaired) electrons. The average Bonchev–Trinajstić information content (AvgIpc) is 2.15. The van der Waals surface area contributed by atoms with Crippen LogP contribution in [0.5, 0.6) is 0 Å². The summed E-state index contributed by atoms with van der Waals surface area (Å²) in [5, 5.41) is 9.68. The van der Waals surface area contributed by atoms with Crippen molar-refractivity contribution in [1.82, 2.24) is 4.90 Å². The van der Waals surface area contributed by atoms with Gasteiger partial charge in [0.15, 0.2) is 0 Å². The smallest absolute Gasteiger partial charge is 0.107 e. The van der Waals surface area contributed by atoms with E-state index in [1.807, 2.05) is 14.0 Å². The maximum Gasteiger partial charge on any atom is 0.107 e. The van der Waals surface area contributed by atoms with Gasteiger partial charge in [-0.05, 0) is 26.3 Å². The Bertz CT molecular complexity index is 111. The molecule has 13 heavy (non-hydrogen) atoms. The first-order chi connectivity index (χ1) is 6.17. The molecule has 0 aliphatic heterocycles. The first-order valence-corrected chi connectivity index (χ1v) is 5.57. The minimum absolute atomic E-state index is 0.261. The molecule has 0 aromatic heterocycles. The summed E-state index contributed by atoms with van der Waals surface area (Å²) in [6.45, 7) is 6.43. The quantitative estimate of drug-likeness (QED) is 0.619. The topological polar surface area (TPSA) is 23.5 Å². The van der Waals surface area contributed by atoms with Crippen LogP contribution in [0.3, 0.4) is 0 Å². The molecule has 0 aliphatic rings. The molecular weight excluding hydrogens is 162 g/mol. The Morgan fingerprint density at radius 2 is 1.54 bits per heavy atom. The molecule has 0 aromatic carbocycles. The summed E-state index contributed by atoms with van der Waals surface area (Å²) >= 11 is 0. The molecule has 0 bridgehead atoms. The fraction of sp³-hybridized carbons (Fsp3) is 1.00. The molecule has 0 heterocycles. The highest BCUT2D eigenvalue weighted by Crippen LogP contribution is 2.14. The van der Waals surface area contributed by atoms with Crippen molar-refractivity contribution in [3.05, 3.63) is 0 Å². The Labute approximate surface area is 82.9 Å². The Hall–Kier alpha value is -0.0800. The van der Waals surface area contributed by atoms with Crippen molar-refractivity contribution in [3.8, 4) is 0 Å². The zero-order chi connectivity index (χ0) is 10.3. The Kier molecular flexibility index (Phi) is 7.29. The molecule has 0 amide bonds. The summed E-state index contributed by atoms with van der Waals surface area (Å²) in [6, 6.07) is 0.560. The molecule has 80 valence electrons. The Morgan fingerprint density at radius 3 is 1.85 bits per heavy atom. The molecule has 1 atom stereocenters. The van der Waals surface area contributed by atoms with E-state index in [-0.39, 0.29) is 6.23 Å². The lowest BCUT2D eigenvalue weighted by atomic mass is 10.0. The van der Waals surface area contributed by atoms with Crippen LogP contribution in [0.2, 0.25) is 0 Å². The zero-order valence-corrected chi connectivity index (χ0v) is 9.58. The van der Waals surface area contributed by atoms with Crippen LogP contribution in [0.15, 0.2) is 0 Å². The molecule has 0 aliphatic carbocycles. The molecule has 0 spiro atoms. The first-order valence-electron chi connectivity index (χ1n) is 5.57. The van der Waals surface area contributed by atoms with E-state index in [2.05, 4.69) is 18.7 Å². The second kappa shape index (κ2) is 7.34. The highest BCUT2D eigenvalue weighted by Gasteiger charge is 2.17. The van der Waals surface area contributed by atoms with Gasteiger partial charge in [0.2, 0.25) is 0 Å². The Morgan fingerprint density at radius 1 is 1.08 bits per heavy atom. The molecule has 0 saturated heterocycles. The van der Waals surface area contributed by atoms with Crippen LogP contribution in [0.4, 0.5) is 0 Å². The van der Waals surface area contributed by atoms with E-state index < -0.39 is 0 Å². The van der Waals surface area contributed by atoms with Gasteiger partial charge in [-0.3, -0.25) is 4.90 Å². The second-order valence-electron chi connectivity index (χ2n) is 3.79. The molecular formula is C11H25NO. The van der Waals surface area contributed by atoms with Crippen molar-refractivity contribution in [2.24, 2.45) is 0 Å². The zero-order valence-electron chi connectivity index (χ0n) is 9.58. The van der Waals surface area contributed by atoms with Crippen LogP contribution in [0.1, 0.15) is 52.9 Å². The van der Waals surface area contributed by atoms with Gasteiger partial charge in [0.05, 0.1) is 0 Å². The van der Waals surface area contributed by atoms with Gasteiger partial charge >= 0.3 is 0 Å². The van der Waals surface area contributed by atoms with E-state index in [1.54, 1.807) is 0 Å². The van der Waals surface area contributed by atoms with Gasteiger partial charge in [-0.1, -0.05) is 33.6 Å². The number of hydrogen-bond donors (Lipinski definition) is 1. The molecule has 0 saturated carbocycles. The molecule has 0 aromatic rings. The van der Waals surface area contributed by atoms with Crippen LogP contribution in [-0.2, 0) is 0 Å². The Balaban J connectivity index is 4.00. The predicted molar refractivity (Wildman–Crippen MR) is 57.7 cm³/mol. The van der Waals surface area contributed by atoms with E-state index in [0.29, 0.717) is 6.04 Å². The molecule has 2 heteroatoms. The first kappa shape index (κ1) is 12.9. The van der Waals surface area contributed by atoms with Gasteiger partial charge in [0.1, 0.15) is 6.23 Å². The molecule has 0 rings (SSSR count). The van der Waals surface area contributed by atoms with Gasteiger partial charge in [0, 0.05) is 6.04 Å². The maximum atomic E-state index is 9.68. The van der Waals surface area contributed by atoms with E-state index >= 15 is 0 Å². The van der Waals surface area contributed by atoms with E-state index in [1.165, 1.54) is 25.7 Å². The van der Waals surface area contributed by atoms with Gasteiger partial charge in [-0.15, -0.1) is 0 Å². The summed E-state index contributed by atoms with van der Waals surface area (Å²) in [4.78, 5) is 2.12. The van der Waals surface area contributed by atoms with Crippen molar-refractivity contribution < 1.29 is 5.11 Å². The summed E-state index contributed by atoms with van der Waals surface area (Å²) in [5.41, 5.74) is 0. The summed E-state index contributed by atoms with van der Waals surface area (Å²) in [7, 11) is 2.03. The lowest BCUT2D eigenvalue weighted by Gasteiger charge is -2.31. The number of hydrogen-bond acceptors (Lipinski definition) is 2. The monoisotopic (exact) mass is 187 g/mol. The van der Waals surface area contributed by atoms with E-state index in [0.717, 1.165) is 6.42 Å². The van der Waals surface area contributed by atoms with Gasteiger partial charge in [0.25, 0.3) is 0 Å². The van der Waals surface area contributed by atoms with Crippen LogP contribution in [0, 0.1) is 0 Å². The lowest BCUT2D eigenvalue weighted by Crippen LogP contribution is -2.39. The van der Waals surface area contributed by atoms with Gasteiger partial charge in [-0.2, -0.15) is 0 Å². The van der Waals surface area contributed by atoms with Crippen molar-refractivity contribution in [3.63, 3.8) is 0 Å². The molecule has 2 nitrogen and oxygen atoms in total. The van der Waals surface area contributed by atoms with Crippen LogP contribution in [0.25, 0.3) is 0 Å². The van der Waals surface area contributed by atoms with Crippen LogP contribution in [-0.4, -0.2) is 29.3 Å². The highest BCUT2D eigenvalue weighted by molar-refractivity contribution is 4.69. The SMILES string of the molecule is CCCC(CCC)N(C)C(O)CC. The van der Waals surface area contributed by atoms with Crippen LogP contribution >= 0.6 is 0 Å².